The number of methoxy groups -OCH3 is 2. The maximum atomic E-state index is 14.2. The van der Waals surface area contributed by atoms with Crippen LogP contribution >= 0.6 is 11.6 Å². The van der Waals surface area contributed by atoms with Gasteiger partial charge in [0.05, 0.1) is 37.8 Å². The summed E-state index contributed by atoms with van der Waals surface area (Å²) in [5.41, 5.74) is 4.13. The summed E-state index contributed by atoms with van der Waals surface area (Å²) in [5.74, 6) is -0.0647. The second-order valence-electron chi connectivity index (χ2n) is 8.65. The molecule has 5 rings (SSSR count). The fraction of sp³-hybridized carbons (Fsp3) is 0.269. The van der Waals surface area contributed by atoms with Crippen molar-refractivity contribution >= 4 is 23.2 Å². The highest BCUT2D eigenvalue weighted by Gasteiger charge is 2.45. The molecule has 0 radical (unpaired) electrons. The number of carbonyl (C=O) groups excluding carboxylic acids is 1. The largest absolute Gasteiger partial charge is 0.479 e. The molecule has 0 saturated heterocycles. The molecule has 190 valence electrons. The number of benzene rings is 1. The van der Waals surface area contributed by atoms with Gasteiger partial charge in [0.2, 0.25) is 5.88 Å². The van der Waals surface area contributed by atoms with Crippen molar-refractivity contribution < 1.29 is 14.3 Å². The van der Waals surface area contributed by atoms with Gasteiger partial charge in [-0.2, -0.15) is 10.1 Å². The molecule has 37 heavy (non-hydrogen) atoms. The predicted octanol–water partition coefficient (Wildman–Crippen LogP) is 3.65. The molecule has 0 bridgehead atoms. The van der Waals surface area contributed by atoms with E-state index in [0.717, 1.165) is 16.8 Å². The molecule has 1 aliphatic heterocycles. The maximum absolute atomic E-state index is 14.2. The van der Waals surface area contributed by atoms with Crippen molar-refractivity contribution in [2.75, 3.05) is 19.1 Å². The van der Waals surface area contributed by atoms with Crippen LogP contribution in [-0.4, -0.2) is 44.4 Å². The molecule has 1 unspecified atom stereocenters. The quantitative estimate of drug-likeness (QED) is 0.382. The minimum absolute atomic E-state index is 0.128. The highest BCUT2D eigenvalue weighted by molar-refractivity contribution is 6.30. The van der Waals surface area contributed by atoms with Crippen LogP contribution in [0.1, 0.15) is 45.8 Å². The Hall–Kier alpha value is -4.18. The summed E-state index contributed by atoms with van der Waals surface area (Å²) >= 11 is 6.19. The third-order valence-electron chi connectivity index (χ3n) is 6.42. The number of aromatic nitrogens is 5. The average Bonchev–Trinajstić information content (AvgIpc) is 3.42. The lowest BCUT2D eigenvalue weighted by molar-refractivity contribution is 0.0986. The zero-order valence-electron chi connectivity index (χ0n) is 21.0. The first kappa shape index (κ1) is 24.5. The lowest BCUT2D eigenvalue weighted by atomic mass is 9.97. The molecule has 1 atom stereocenters. The number of amides is 1. The fourth-order valence-electron chi connectivity index (χ4n) is 4.72. The molecule has 3 aromatic heterocycles. The maximum Gasteiger partial charge on any atom is 0.319 e. The Bertz CT molecular complexity index is 1550. The Kier molecular flexibility index (Phi) is 6.20. The first-order chi connectivity index (χ1) is 17.8. The lowest BCUT2D eigenvalue weighted by Gasteiger charge is -2.27. The summed E-state index contributed by atoms with van der Waals surface area (Å²) in [4.78, 5) is 36.9. The molecule has 1 amide bonds. The van der Waals surface area contributed by atoms with E-state index in [-0.39, 0.29) is 23.4 Å². The number of pyridine rings is 1. The first-order valence-corrected chi connectivity index (χ1v) is 12.0. The molecule has 11 heteroatoms. The molecular formula is C26H25ClN6O4. The second-order valence-corrected chi connectivity index (χ2v) is 9.09. The topological polar surface area (TPSA) is 104 Å². The molecule has 4 heterocycles. The number of carbonyl (C=O) groups is 1. The van der Waals surface area contributed by atoms with Crippen molar-refractivity contribution in [2.45, 2.75) is 26.3 Å². The predicted molar refractivity (Wildman–Crippen MR) is 138 cm³/mol. The fourth-order valence-corrected chi connectivity index (χ4v) is 4.84. The third kappa shape index (κ3) is 3.93. The first-order valence-electron chi connectivity index (χ1n) is 11.6. The summed E-state index contributed by atoms with van der Waals surface area (Å²) in [6, 6.07) is 8.74. The zero-order valence-corrected chi connectivity index (χ0v) is 21.8. The molecule has 0 saturated carbocycles. The number of anilines is 1. The standard InChI is InChI=1S/C26H25ClN6O4/c1-6-18-20-21(15-7-9-16(27)10-8-15)32(17-11-14(2)24(34)31(3)13-17)25(35)22(20)33(30-18)19-12-28-26(37-5)29-23(19)36-4/h7-13,21H,6H2,1-5H3. The average molecular weight is 521 g/mol. The number of fused-ring (bicyclic) bond motifs is 1. The number of aryl methyl sites for hydroxylation is 3. The minimum atomic E-state index is -0.495. The molecule has 1 aliphatic rings. The highest BCUT2D eigenvalue weighted by atomic mass is 35.5. The molecular weight excluding hydrogens is 496 g/mol. The highest BCUT2D eigenvalue weighted by Crippen LogP contribution is 2.44. The summed E-state index contributed by atoms with van der Waals surface area (Å²) in [7, 11) is 4.61. The second kappa shape index (κ2) is 9.36. The van der Waals surface area contributed by atoms with E-state index in [0.29, 0.717) is 34.1 Å². The Labute approximate surface area is 218 Å². The van der Waals surface area contributed by atoms with Crippen molar-refractivity contribution in [3.05, 3.63) is 86.2 Å². The van der Waals surface area contributed by atoms with E-state index in [1.165, 1.54) is 29.7 Å². The SMILES string of the molecule is CCc1nn(-c2cnc(OC)nc2OC)c2c1C(c1ccc(Cl)cc1)N(c1cc(C)c(=O)n(C)c1)C2=O. The van der Waals surface area contributed by atoms with Crippen molar-refractivity contribution in [2.24, 2.45) is 7.05 Å². The van der Waals surface area contributed by atoms with Crippen LogP contribution in [0.5, 0.6) is 11.9 Å². The number of nitrogens with zero attached hydrogens (tertiary/aromatic N) is 6. The van der Waals surface area contributed by atoms with E-state index in [9.17, 15) is 9.59 Å². The van der Waals surface area contributed by atoms with Crippen LogP contribution in [-0.2, 0) is 13.5 Å². The van der Waals surface area contributed by atoms with Gasteiger partial charge in [0.15, 0.2) is 0 Å². The molecule has 0 N–H and O–H groups in total. The van der Waals surface area contributed by atoms with Gasteiger partial charge in [-0.05, 0) is 37.1 Å². The van der Waals surface area contributed by atoms with Crippen molar-refractivity contribution in [1.82, 2.24) is 24.3 Å². The number of rotatable bonds is 6. The van der Waals surface area contributed by atoms with Crippen molar-refractivity contribution in [3.63, 3.8) is 0 Å². The number of ether oxygens (including phenoxy) is 2. The third-order valence-corrected chi connectivity index (χ3v) is 6.67. The van der Waals surface area contributed by atoms with E-state index >= 15 is 0 Å². The van der Waals surface area contributed by atoms with Gasteiger partial charge in [-0.25, -0.2) is 9.67 Å². The number of hydrogen-bond donors (Lipinski definition) is 0. The Balaban J connectivity index is 1.79. The van der Waals surface area contributed by atoms with E-state index in [1.54, 1.807) is 43.3 Å². The van der Waals surface area contributed by atoms with Gasteiger partial charge in [-0.1, -0.05) is 30.7 Å². The summed E-state index contributed by atoms with van der Waals surface area (Å²) in [5, 5.41) is 5.38. The molecule has 0 spiro atoms. The number of halogens is 1. The van der Waals surface area contributed by atoms with Crippen LogP contribution < -0.4 is 19.9 Å². The molecule has 0 fully saturated rings. The van der Waals surface area contributed by atoms with Gasteiger partial charge in [-0.3, -0.25) is 14.5 Å². The van der Waals surface area contributed by atoms with Gasteiger partial charge in [0, 0.05) is 29.4 Å². The summed E-state index contributed by atoms with van der Waals surface area (Å²) in [6.45, 7) is 3.72. The minimum Gasteiger partial charge on any atom is -0.479 e. The van der Waals surface area contributed by atoms with Gasteiger partial charge in [-0.15, -0.1) is 0 Å². The van der Waals surface area contributed by atoms with Crippen LogP contribution in [0.2, 0.25) is 5.02 Å². The Morgan fingerprint density at radius 3 is 2.46 bits per heavy atom. The summed E-state index contributed by atoms with van der Waals surface area (Å²) in [6.07, 6.45) is 3.76. The van der Waals surface area contributed by atoms with Crippen LogP contribution in [0.3, 0.4) is 0 Å². The van der Waals surface area contributed by atoms with Gasteiger partial charge < -0.3 is 14.0 Å². The van der Waals surface area contributed by atoms with Crippen molar-refractivity contribution in [1.29, 1.82) is 0 Å². The Morgan fingerprint density at radius 2 is 1.84 bits per heavy atom. The summed E-state index contributed by atoms with van der Waals surface area (Å²) < 4.78 is 13.6. The van der Waals surface area contributed by atoms with E-state index in [2.05, 4.69) is 9.97 Å². The van der Waals surface area contributed by atoms with E-state index in [1.807, 2.05) is 19.1 Å². The van der Waals surface area contributed by atoms with Gasteiger partial charge >= 0.3 is 6.01 Å². The molecule has 4 aromatic rings. The van der Waals surface area contributed by atoms with Gasteiger partial charge in [0.25, 0.3) is 11.5 Å². The molecule has 0 aliphatic carbocycles. The van der Waals surface area contributed by atoms with Crippen LogP contribution in [0.4, 0.5) is 5.69 Å². The normalized spacial score (nSPS) is 14.7. The Morgan fingerprint density at radius 1 is 1.11 bits per heavy atom. The zero-order chi connectivity index (χ0) is 26.4. The lowest BCUT2D eigenvalue weighted by Crippen LogP contribution is -2.32. The smallest absolute Gasteiger partial charge is 0.319 e. The molecule has 1 aromatic carbocycles. The van der Waals surface area contributed by atoms with Crippen molar-refractivity contribution in [3.8, 4) is 17.6 Å². The number of hydrogen-bond acceptors (Lipinski definition) is 7. The van der Waals surface area contributed by atoms with E-state index < -0.39 is 6.04 Å². The monoisotopic (exact) mass is 520 g/mol. The van der Waals surface area contributed by atoms with Crippen LogP contribution in [0, 0.1) is 6.92 Å². The van der Waals surface area contributed by atoms with Crippen LogP contribution in [0.15, 0.2) is 47.5 Å². The van der Waals surface area contributed by atoms with Gasteiger partial charge in [0.1, 0.15) is 11.4 Å². The van der Waals surface area contributed by atoms with E-state index in [4.69, 9.17) is 26.2 Å². The van der Waals surface area contributed by atoms with Crippen LogP contribution in [0.25, 0.3) is 5.69 Å². The molecule has 10 nitrogen and oxygen atoms in total.